The zero-order valence-corrected chi connectivity index (χ0v) is 19.9. The van der Waals surface area contributed by atoms with E-state index in [4.69, 9.17) is 15.7 Å². The molecule has 0 radical (unpaired) electrons. The lowest BCUT2D eigenvalue weighted by molar-refractivity contribution is 0.100. The van der Waals surface area contributed by atoms with Crippen LogP contribution in [0.3, 0.4) is 0 Å². The van der Waals surface area contributed by atoms with Crippen LogP contribution in [0, 0.1) is 0 Å². The number of rotatable bonds is 8. The molecule has 168 valence electrons. The fourth-order valence-corrected chi connectivity index (χ4v) is 5.31. The standard InChI is InChI=1S/C27H22N4OS2/c28-25(32)20-13-11-18(12-14-20)15-22(24-17-33-26(29-24)21-9-5-2-6-10-21)30-27-31-23(16-34-27)19-7-3-1-4-8-19/h1-14,16-17,22H,15H2,(H2,28,32)(H,30,31). The number of carbonyl (C=O) groups excluding carboxylic acids is 1. The second-order valence-electron chi connectivity index (χ2n) is 7.81. The Hall–Kier alpha value is -3.81. The number of nitrogens with zero attached hydrogens (tertiary/aromatic N) is 2. The van der Waals surface area contributed by atoms with E-state index in [0.29, 0.717) is 12.0 Å². The number of hydrogen-bond acceptors (Lipinski definition) is 6. The molecule has 0 bridgehead atoms. The van der Waals surface area contributed by atoms with Crippen molar-refractivity contribution in [2.75, 3.05) is 5.32 Å². The minimum absolute atomic E-state index is 0.0806. The van der Waals surface area contributed by atoms with Crippen molar-refractivity contribution in [3.63, 3.8) is 0 Å². The molecular weight excluding hydrogens is 460 g/mol. The number of thiazole rings is 2. The Labute approximate surface area is 206 Å². The van der Waals surface area contributed by atoms with E-state index in [1.165, 1.54) is 0 Å². The highest BCUT2D eigenvalue weighted by Crippen LogP contribution is 2.32. The monoisotopic (exact) mass is 482 g/mol. The van der Waals surface area contributed by atoms with Crippen molar-refractivity contribution < 1.29 is 4.79 Å². The van der Waals surface area contributed by atoms with Gasteiger partial charge in [-0.1, -0.05) is 72.8 Å². The van der Waals surface area contributed by atoms with Crippen LogP contribution in [0.4, 0.5) is 5.13 Å². The molecule has 2 aromatic heterocycles. The summed E-state index contributed by atoms with van der Waals surface area (Å²) in [5.74, 6) is -0.426. The summed E-state index contributed by atoms with van der Waals surface area (Å²) >= 11 is 3.21. The number of benzene rings is 3. The Kier molecular flexibility index (Phi) is 6.46. The van der Waals surface area contributed by atoms with E-state index in [1.807, 2.05) is 48.5 Å². The lowest BCUT2D eigenvalue weighted by atomic mass is 10.0. The second kappa shape index (κ2) is 9.99. The molecule has 34 heavy (non-hydrogen) atoms. The van der Waals surface area contributed by atoms with Crippen molar-refractivity contribution in [3.8, 4) is 21.8 Å². The number of carbonyl (C=O) groups is 1. The number of hydrogen-bond donors (Lipinski definition) is 2. The van der Waals surface area contributed by atoms with Crippen molar-refractivity contribution in [1.29, 1.82) is 0 Å². The van der Waals surface area contributed by atoms with Gasteiger partial charge in [0.15, 0.2) is 5.13 Å². The molecule has 7 heteroatoms. The number of nitrogens with two attached hydrogens (primary N) is 1. The zero-order chi connectivity index (χ0) is 23.3. The van der Waals surface area contributed by atoms with Crippen LogP contribution in [-0.4, -0.2) is 15.9 Å². The highest BCUT2D eigenvalue weighted by atomic mass is 32.1. The van der Waals surface area contributed by atoms with Crippen LogP contribution in [0.1, 0.15) is 27.7 Å². The summed E-state index contributed by atoms with van der Waals surface area (Å²) in [6.07, 6.45) is 0.692. The third-order valence-electron chi connectivity index (χ3n) is 5.45. The highest BCUT2D eigenvalue weighted by molar-refractivity contribution is 7.14. The molecule has 5 rings (SSSR count). The van der Waals surface area contributed by atoms with E-state index in [9.17, 15) is 4.79 Å². The van der Waals surface area contributed by atoms with Gasteiger partial charge in [-0.2, -0.15) is 0 Å². The first-order valence-corrected chi connectivity index (χ1v) is 12.6. The number of nitrogens with one attached hydrogen (secondary N) is 1. The Morgan fingerprint density at radius 1 is 0.824 bits per heavy atom. The predicted octanol–water partition coefficient (Wildman–Crippen LogP) is 6.43. The van der Waals surface area contributed by atoms with Crippen LogP contribution in [-0.2, 0) is 6.42 Å². The maximum absolute atomic E-state index is 11.4. The molecule has 0 saturated heterocycles. The van der Waals surface area contributed by atoms with Gasteiger partial charge in [-0.15, -0.1) is 22.7 Å². The van der Waals surface area contributed by atoms with Crippen molar-refractivity contribution in [1.82, 2.24) is 9.97 Å². The Balaban J connectivity index is 1.43. The Morgan fingerprint density at radius 3 is 2.18 bits per heavy atom. The van der Waals surface area contributed by atoms with Crippen LogP contribution in [0.2, 0.25) is 0 Å². The van der Waals surface area contributed by atoms with Gasteiger partial charge in [0, 0.05) is 27.5 Å². The quantitative estimate of drug-likeness (QED) is 0.267. The summed E-state index contributed by atoms with van der Waals surface area (Å²) in [7, 11) is 0. The highest BCUT2D eigenvalue weighted by Gasteiger charge is 2.19. The SMILES string of the molecule is NC(=O)c1ccc(CC(Nc2nc(-c3ccccc3)cs2)c2csc(-c3ccccc3)n2)cc1. The van der Waals surface area contributed by atoms with E-state index in [1.54, 1.807) is 34.8 Å². The normalized spacial score (nSPS) is 11.8. The summed E-state index contributed by atoms with van der Waals surface area (Å²) in [6, 6.07) is 27.7. The average Bonchev–Trinajstić information content (AvgIpc) is 3.55. The van der Waals surface area contributed by atoms with E-state index in [0.717, 1.165) is 38.2 Å². The molecule has 0 aliphatic rings. The maximum Gasteiger partial charge on any atom is 0.248 e. The van der Waals surface area contributed by atoms with Crippen LogP contribution in [0.15, 0.2) is 95.7 Å². The lowest BCUT2D eigenvalue weighted by Crippen LogP contribution is -2.15. The minimum Gasteiger partial charge on any atom is -0.366 e. The number of aromatic nitrogens is 2. The number of amides is 1. The average molecular weight is 483 g/mol. The van der Waals surface area contributed by atoms with Crippen LogP contribution >= 0.6 is 22.7 Å². The van der Waals surface area contributed by atoms with Gasteiger partial charge in [-0.05, 0) is 24.1 Å². The molecule has 0 saturated carbocycles. The summed E-state index contributed by atoms with van der Waals surface area (Å²) in [4.78, 5) is 21.2. The molecule has 0 spiro atoms. The lowest BCUT2D eigenvalue weighted by Gasteiger charge is -2.17. The molecule has 0 aliphatic heterocycles. The van der Waals surface area contributed by atoms with Gasteiger partial charge < -0.3 is 11.1 Å². The summed E-state index contributed by atoms with van der Waals surface area (Å²) in [6.45, 7) is 0. The second-order valence-corrected chi connectivity index (χ2v) is 9.53. The fourth-order valence-electron chi connectivity index (χ4n) is 3.66. The summed E-state index contributed by atoms with van der Waals surface area (Å²) < 4.78 is 0. The molecule has 1 amide bonds. The molecule has 1 unspecified atom stereocenters. The first-order valence-electron chi connectivity index (χ1n) is 10.8. The molecule has 3 aromatic carbocycles. The topological polar surface area (TPSA) is 80.9 Å². The summed E-state index contributed by atoms with van der Waals surface area (Å²) in [5, 5.41) is 9.58. The summed E-state index contributed by atoms with van der Waals surface area (Å²) in [5.41, 5.74) is 11.1. The first kappa shape index (κ1) is 22.0. The van der Waals surface area contributed by atoms with Crippen molar-refractivity contribution in [3.05, 3.63) is 113 Å². The van der Waals surface area contributed by atoms with Crippen molar-refractivity contribution in [2.45, 2.75) is 12.5 Å². The maximum atomic E-state index is 11.4. The molecule has 0 fully saturated rings. The molecular formula is C27H22N4OS2. The van der Waals surface area contributed by atoms with Crippen molar-refractivity contribution in [2.24, 2.45) is 5.73 Å². The third-order valence-corrected chi connectivity index (χ3v) is 7.13. The van der Waals surface area contributed by atoms with E-state index in [-0.39, 0.29) is 6.04 Å². The first-order chi connectivity index (χ1) is 16.7. The molecule has 5 nitrogen and oxygen atoms in total. The molecule has 0 aliphatic carbocycles. The molecule has 5 aromatic rings. The van der Waals surface area contributed by atoms with E-state index < -0.39 is 5.91 Å². The largest absolute Gasteiger partial charge is 0.366 e. The van der Waals surface area contributed by atoms with E-state index in [2.05, 4.69) is 40.3 Å². The van der Waals surface area contributed by atoms with Gasteiger partial charge in [0.05, 0.1) is 17.4 Å². The van der Waals surface area contributed by atoms with Gasteiger partial charge in [-0.25, -0.2) is 9.97 Å². The van der Waals surface area contributed by atoms with Gasteiger partial charge in [-0.3, -0.25) is 4.79 Å². The van der Waals surface area contributed by atoms with Gasteiger partial charge in [0.1, 0.15) is 5.01 Å². The van der Waals surface area contributed by atoms with Crippen molar-refractivity contribution >= 4 is 33.7 Å². The Morgan fingerprint density at radius 2 is 1.50 bits per heavy atom. The zero-order valence-electron chi connectivity index (χ0n) is 18.2. The van der Waals surface area contributed by atoms with Crippen LogP contribution in [0.5, 0.6) is 0 Å². The van der Waals surface area contributed by atoms with Gasteiger partial charge in [0.25, 0.3) is 0 Å². The molecule has 3 N–H and O–H groups in total. The number of anilines is 1. The van der Waals surface area contributed by atoms with Gasteiger partial charge >= 0.3 is 0 Å². The fraction of sp³-hybridized carbons (Fsp3) is 0.0741. The smallest absolute Gasteiger partial charge is 0.248 e. The minimum atomic E-state index is -0.426. The number of primary amides is 1. The molecule has 1 atom stereocenters. The molecule has 2 heterocycles. The Bertz CT molecular complexity index is 1380. The van der Waals surface area contributed by atoms with Crippen LogP contribution < -0.4 is 11.1 Å². The third kappa shape index (κ3) is 5.06. The van der Waals surface area contributed by atoms with E-state index >= 15 is 0 Å². The van der Waals surface area contributed by atoms with Crippen LogP contribution in [0.25, 0.3) is 21.8 Å². The predicted molar refractivity (Wildman–Crippen MR) is 140 cm³/mol. The van der Waals surface area contributed by atoms with Gasteiger partial charge in [0.2, 0.25) is 5.91 Å².